The highest BCUT2D eigenvalue weighted by atomic mass is 32.2. The highest BCUT2D eigenvalue weighted by Crippen LogP contribution is 2.33. The van der Waals surface area contributed by atoms with Crippen LogP contribution in [0.3, 0.4) is 0 Å². The van der Waals surface area contributed by atoms with Crippen molar-refractivity contribution in [3.63, 3.8) is 0 Å². The Morgan fingerprint density at radius 1 is 1.22 bits per heavy atom. The van der Waals surface area contributed by atoms with Crippen molar-refractivity contribution in [3.05, 3.63) is 59.9 Å². The summed E-state index contributed by atoms with van der Waals surface area (Å²) in [4.78, 5) is 29.7. The number of carbonyl (C=O) groups excluding carboxylic acids is 1. The van der Waals surface area contributed by atoms with Crippen LogP contribution in [0.5, 0.6) is 5.75 Å². The van der Waals surface area contributed by atoms with Crippen molar-refractivity contribution in [2.75, 3.05) is 7.11 Å². The zero-order chi connectivity index (χ0) is 19.4. The molecule has 0 spiro atoms. The van der Waals surface area contributed by atoms with Crippen molar-refractivity contribution in [2.24, 2.45) is 4.99 Å². The number of ether oxygens (including phenoxy) is 1. The Balaban J connectivity index is 1.88. The maximum Gasteiger partial charge on any atom is 0.305 e. The van der Waals surface area contributed by atoms with Crippen LogP contribution in [-0.2, 0) is 16.1 Å². The maximum absolute atomic E-state index is 13.1. The number of aliphatic imine (C=N–C) groups is 1. The number of amidine groups is 1. The van der Waals surface area contributed by atoms with Gasteiger partial charge in [-0.15, -0.1) is 0 Å². The molecule has 1 saturated heterocycles. The van der Waals surface area contributed by atoms with E-state index in [9.17, 15) is 14.0 Å². The predicted octanol–water partition coefficient (Wildman–Crippen LogP) is 3.44. The van der Waals surface area contributed by atoms with Gasteiger partial charge in [0.1, 0.15) is 16.8 Å². The van der Waals surface area contributed by atoms with Gasteiger partial charge in [0.2, 0.25) is 5.91 Å². The number of carboxylic acid groups (broad SMARTS) is 1. The Labute approximate surface area is 159 Å². The third kappa shape index (κ3) is 4.65. The number of methoxy groups -OCH3 is 1. The van der Waals surface area contributed by atoms with Crippen LogP contribution in [0.4, 0.5) is 10.1 Å². The van der Waals surface area contributed by atoms with Gasteiger partial charge in [-0.2, -0.15) is 0 Å². The topological polar surface area (TPSA) is 79.2 Å². The summed E-state index contributed by atoms with van der Waals surface area (Å²) in [6.07, 6.45) is -0.287. The van der Waals surface area contributed by atoms with Gasteiger partial charge in [0.05, 0.1) is 25.8 Å². The zero-order valence-electron chi connectivity index (χ0n) is 14.5. The first-order valence-corrected chi connectivity index (χ1v) is 9.01. The number of halogens is 1. The third-order valence-electron chi connectivity index (χ3n) is 3.93. The van der Waals surface area contributed by atoms with E-state index in [1.807, 2.05) is 0 Å². The van der Waals surface area contributed by atoms with Crippen LogP contribution in [0.1, 0.15) is 12.0 Å². The molecule has 1 amide bonds. The van der Waals surface area contributed by atoms with Crippen LogP contribution in [-0.4, -0.2) is 39.4 Å². The molecule has 0 aliphatic carbocycles. The van der Waals surface area contributed by atoms with Gasteiger partial charge in [-0.05, 0) is 42.0 Å². The average molecular weight is 388 g/mol. The largest absolute Gasteiger partial charge is 0.497 e. The highest BCUT2D eigenvalue weighted by Gasteiger charge is 2.39. The Bertz CT molecular complexity index is 868. The second-order valence-corrected chi connectivity index (χ2v) is 7.02. The van der Waals surface area contributed by atoms with E-state index in [4.69, 9.17) is 9.84 Å². The molecule has 1 aliphatic rings. The SMILES string of the molecule is COc1ccc(N=C2SC(CC(=O)O)C(=O)N2Cc2ccc(F)cc2)cc1. The molecular weight excluding hydrogens is 371 g/mol. The van der Waals surface area contributed by atoms with E-state index in [-0.39, 0.29) is 24.7 Å². The molecule has 6 nitrogen and oxygen atoms in total. The number of benzene rings is 2. The number of thioether (sulfide) groups is 1. The lowest BCUT2D eigenvalue weighted by molar-refractivity contribution is -0.139. The zero-order valence-corrected chi connectivity index (χ0v) is 15.3. The Morgan fingerprint density at radius 2 is 1.89 bits per heavy atom. The fourth-order valence-corrected chi connectivity index (χ4v) is 3.72. The molecule has 1 atom stereocenters. The summed E-state index contributed by atoms with van der Waals surface area (Å²) >= 11 is 1.12. The van der Waals surface area contributed by atoms with E-state index < -0.39 is 11.2 Å². The second kappa shape index (κ2) is 8.22. The summed E-state index contributed by atoms with van der Waals surface area (Å²) in [6.45, 7) is 0.192. The molecule has 3 rings (SSSR count). The molecule has 0 radical (unpaired) electrons. The molecule has 1 N–H and O–H groups in total. The number of carboxylic acids is 1. The van der Waals surface area contributed by atoms with E-state index in [0.717, 1.165) is 17.3 Å². The number of nitrogens with zero attached hydrogens (tertiary/aromatic N) is 2. The monoisotopic (exact) mass is 388 g/mol. The van der Waals surface area contributed by atoms with E-state index in [1.165, 1.54) is 17.0 Å². The fourth-order valence-electron chi connectivity index (χ4n) is 2.57. The number of amides is 1. The first kappa shape index (κ1) is 18.9. The van der Waals surface area contributed by atoms with E-state index in [2.05, 4.69) is 4.99 Å². The Morgan fingerprint density at radius 3 is 2.48 bits per heavy atom. The van der Waals surface area contributed by atoms with Gasteiger partial charge in [0.25, 0.3) is 0 Å². The van der Waals surface area contributed by atoms with Crippen molar-refractivity contribution in [1.29, 1.82) is 0 Å². The minimum absolute atomic E-state index is 0.192. The quantitative estimate of drug-likeness (QED) is 0.820. The lowest BCUT2D eigenvalue weighted by atomic mass is 10.2. The van der Waals surface area contributed by atoms with Gasteiger partial charge < -0.3 is 9.84 Å². The summed E-state index contributed by atoms with van der Waals surface area (Å²) < 4.78 is 18.2. The van der Waals surface area contributed by atoms with E-state index in [1.54, 1.807) is 43.5 Å². The van der Waals surface area contributed by atoms with E-state index in [0.29, 0.717) is 16.6 Å². The highest BCUT2D eigenvalue weighted by molar-refractivity contribution is 8.15. The first-order chi connectivity index (χ1) is 13.0. The van der Waals surface area contributed by atoms with Crippen LogP contribution in [0.2, 0.25) is 0 Å². The standard InChI is InChI=1S/C19H17FN2O4S/c1-26-15-8-6-14(7-9-15)21-19-22(11-12-2-4-13(20)5-3-12)18(25)16(27-19)10-17(23)24/h2-9,16H,10-11H2,1H3,(H,23,24). The van der Waals surface area contributed by atoms with Gasteiger partial charge in [-0.3, -0.25) is 14.5 Å². The number of hydrogen-bond acceptors (Lipinski definition) is 5. The van der Waals surface area contributed by atoms with Crippen molar-refractivity contribution in [2.45, 2.75) is 18.2 Å². The maximum atomic E-state index is 13.1. The van der Waals surface area contributed by atoms with Crippen LogP contribution < -0.4 is 4.74 Å². The normalized spacial score (nSPS) is 18.1. The Hall–Kier alpha value is -2.87. The molecule has 1 unspecified atom stereocenters. The molecule has 0 aromatic heterocycles. The summed E-state index contributed by atoms with van der Waals surface area (Å²) in [5.74, 6) is -1.05. The Kier molecular flexibility index (Phi) is 5.75. The van der Waals surface area contributed by atoms with Crippen LogP contribution in [0, 0.1) is 5.82 Å². The lowest BCUT2D eigenvalue weighted by Crippen LogP contribution is -2.32. The van der Waals surface area contributed by atoms with Crippen molar-refractivity contribution in [1.82, 2.24) is 4.90 Å². The summed E-state index contributed by atoms with van der Waals surface area (Å²) in [5.41, 5.74) is 1.34. The predicted molar refractivity (Wildman–Crippen MR) is 101 cm³/mol. The first-order valence-electron chi connectivity index (χ1n) is 8.13. The van der Waals surface area contributed by atoms with Crippen LogP contribution >= 0.6 is 11.8 Å². The molecule has 27 heavy (non-hydrogen) atoms. The van der Waals surface area contributed by atoms with Gasteiger partial charge in [-0.25, -0.2) is 9.38 Å². The summed E-state index contributed by atoms with van der Waals surface area (Å²) in [7, 11) is 1.56. The van der Waals surface area contributed by atoms with Crippen molar-refractivity contribution < 1.29 is 23.8 Å². The van der Waals surface area contributed by atoms with Crippen LogP contribution in [0.25, 0.3) is 0 Å². The van der Waals surface area contributed by atoms with Gasteiger partial charge in [-0.1, -0.05) is 23.9 Å². The number of hydrogen-bond donors (Lipinski definition) is 1. The van der Waals surface area contributed by atoms with Gasteiger partial charge in [0, 0.05) is 0 Å². The average Bonchev–Trinajstić information content (AvgIpc) is 2.92. The summed E-state index contributed by atoms with van der Waals surface area (Å²) in [5, 5.41) is 8.73. The minimum Gasteiger partial charge on any atom is -0.497 e. The smallest absolute Gasteiger partial charge is 0.305 e. The van der Waals surface area contributed by atoms with Gasteiger partial charge in [0.15, 0.2) is 5.17 Å². The number of aliphatic carboxylic acids is 1. The molecular formula is C19H17FN2O4S. The van der Waals surface area contributed by atoms with Gasteiger partial charge >= 0.3 is 5.97 Å². The number of carbonyl (C=O) groups is 2. The number of rotatable bonds is 6. The second-order valence-electron chi connectivity index (χ2n) is 5.85. The van der Waals surface area contributed by atoms with Crippen molar-refractivity contribution in [3.8, 4) is 5.75 Å². The molecule has 1 fully saturated rings. The molecule has 2 aromatic rings. The molecule has 0 saturated carbocycles. The molecule has 8 heteroatoms. The molecule has 0 bridgehead atoms. The molecule has 140 valence electrons. The fraction of sp³-hybridized carbons (Fsp3) is 0.211. The summed E-state index contributed by atoms with van der Waals surface area (Å²) in [6, 6.07) is 12.8. The lowest BCUT2D eigenvalue weighted by Gasteiger charge is -2.16. The van der Waals surface area contributed by atoms with Crippen LogP contribution in [0.15, 0.2) is 53.5 Å². The third-order valence-corrected chi connectivity index (χ3v) is 5.11. The molecule has 2 aromatic carbocycles. The molecule has 1 heterocycles. The van der Waals surface area contributed by atoms with Crippen molar-refractivity contribution >= 4 is 34.5 Å². The van der Waals surface area contributed by atoms with E-state index >= 15 is 0 Å². The minimum atomic E-state index is -1.05. The molecule has 1 aliphatic heterocycles.